The molecule has 0 aromatic heterocycles. The molecule has 1 atom stereocenters. The minimum atomic E-state index is 0.132. The summed E-state index contributed by atoms with van der Waals surface area (Å²) >= 11 is 0. The van der Waals surface area contributed by atoms with Crippen molar-refractivity contribution < 1.29 is 5.11 Å². The van der Waals surface area contributed by atoms with Gasteiger partial charge >= 0.3 is 0 Å². The highest BCUT2D eigenvalue weighted by Crippen LogP contribution is 1.91. The van der Waals surface area contributed by atoms with Gasteiger partial charge in [0.05, 0.1) is 6.61 Å². The summed E-state index contributed by atoms with van der Waals surface area (Å²) in [6.07, 6.45) is 0. The van der Waals surface area contributed by atoms with Crippen LogP contribution in [0.4, 0.5) is 0 Å². The molecule has 0 aromatic rings. The number of hydrogen-bond acceptors (Lipinski definition) is 1. The van der Waals surface area contributed by atoms with E-state index in [-0.39, 0.29) is 12.5 Å². The third-order valence-electron chi connectivity index (χ3n) is 0.892. The molecule has 0 fully saturated rings. The van der Waals surface area contributed by atoms with Crippen molar-refractivity contribution in [1.29, 1.82) is 0 Å². The van der Waals surface area contributed by atoms with Gasteiger partial charge in [-0.15, -0.1) is 5.92 Å². The van der Waals surface area contributed by atoms with Crippen molar-refractivity contribution in [2.75, 3.05) is 6.61 Å². The summed E-state index contributed by atoms with van der Waals surface area (Å²) < 4.78 is 0. The molecule has 0 aliphatic rings. The monoisotopic (exact) mass is 126 g/mol. The molecule has 0 aliphatic heterocycles. The van der Waals surface area contributed by atoms with Gasteiger partial charge in [0.15, 0.2) is 0 Å². The minimum Gasteiger partial charge on any atom is -0.395 e. The summed E-state index contributed by atoms with van der Waals surface area (Å²) in [5.41, 5.74) is 0. The fourth-order valence-electron chi connectivity index (χ4n) is 0.355. The summed E-state index contributed by atoms with van der Waals surface area (Å²) in [6, 6.07) is 0. The molecule has 0 bridgehead atoms. The average Bonchev–Trinajstić information content (AvgIpc) is 1.83. The SMILES string of the molecule is CC(C)C#CC(C)CO. The fourth-order valence-corrected chi connectivity index (χ4v) is 0.355. The smallest absolute Gasteiger partial charge is 0.0566 e. The Kier molecular flexibility index (Phi) is 4.17. The third kappa shape index (κ3) is 5.39. The van der Waals surface area contributed by atoms with Gasteiger partial charge in [-0.3, -0.25) is 0 Å². The lowest BCUT2D eigenvalue weighted by Crippen LogP contribution is -1.96. The first-order valence-electron chi connectivity index (χ1n) is 3.28. The van der Waals surface area contributed by atoms with Crippen LogP contribution in [0.25, 0.3) is 0 Å². The van der Waals surface area contributed by atoms with Crippen molar-refractivity contribution in [1.82, 2.24) is 0 Å². The molecule has 0 rings (SSSR count). The standard InChI is InChI=1S/C8H14O/c1-7(2)4-5-8(3)6-9/h7-9H,6H2,1-3H3. The Bertz CT molecular complexity index is 116. The number of aliphatic hydroxyl groups is 1. The van der Waals surface area contributed by atoms with E-state index in [0.717, 1.165) is 0 Å². The molecule has 0 heterocycles. The Morgan fingerprint density at radius 1 is 1.22 bits per heavy atom. The van der Waals surface area contributed by atoms with Gasteiger partial charge in [0.25, 0.3) is 0 Å². The van der Waals surface area contributed by atoms with Gasteiger partial charge in [-0.25, -0.2) is 0 Å². The Labute approximate surface area is 57.1 Å². The predicted octanol–water partition coefficient (Wildman–Crippen LogP) is 1.27. The summed E-state index contributed by atoms with van der Waals surface area (Å²) in [7, 11) is 0. The summed E-state index contributed by atoms with van der Waals surface area (Å²) in [5.74, 6) is 6.47. The van der Waals surface area contributed by atoms with E-state index in [4.69, 9.17) is 5.11 Å². The van der Waals surface area contributed by atoms with Crippen LogP contribution in [0, 0.1) is 23.7 Å². The lowest BCUT2D eigenvalue weighted by molar-refractivity contribution is 0.266. The second kappa shape index (κ2) is 4.40. The van der Waals surface area contributed by atoms with E-state index in [1.54, 1.807) is 0 Å². The molecule has 0 aromatic carbocycles. The molecule has 0 saturated carbocycles. The molecule has 1 nitrogen and oxygen atoms in total. The van der Waals surface area contributed by atoms with Gasteiger partial charge in [-0.05, 0) is 6.92 Å². The van der Waals surface area contributed by atoms with Crippen molar-refractivity contribution in [3.8, 4) is 11.8 Å². The maximum Gasteiger partial charge on any atom is 0.0566 e. The Morgan fingerprint density at radius 3 is 2.11 bits per heavy atom. The van der Waals surface area contributed by atoms with Crippen LogP contribution in [0.2, 0.25) is 0 Å². The van der Waals surface area contributed by atoms with Gasteiger partial charge in [-0.1, -0.05) is 19.8 Å². The van der Waals surface area contributed by atoms with E-state index in [9.17, 15) is 0 Å². The number of rotatable bonds is 1. The maximum absolute atomic E-state index is 8.55. The second-order valence-electron chi connectivity index (χ2n) is 2.53. The lowest BCUT2D eigenvalue weighted by Gasteiger charge is -1.94. The van der Waals surface area contributed by atoms with Crippen LogP contribution in [-0.4, -0.2) is 11.7 Å². The predicted molar refractivity (Wildman–Crippen MR) is 38.9 cm³/mol. The van der Waals surface area contributed by atoms with E-state index in [2.05, 4.69) is 11.8 Å². The summed E-state index contributed by atoms with van der Waals surface area (Å²) in [5, 5.41) is 8.55. The molecule has 52 valence electrons. The fraction of sp³-hybridized carbons (Fsp3) is 0.750. The average molecular weight is 126 g/mol. The minimum absolute atomic E-state index is 0.132. The molecule has 0 aliphatic carbocycles. The first-order valence-corrected chi connectivity index (χ1v) is 3.28. The quantitative estimate of drug-likeness (QED) is 0.525. The topological polar surface area (TPSA) is 20.2 Å². The van der Waals surface area contributed by atoms with Gasteiger partial charge < -0.3 is 5.11 Å². The highest BCUT2D eigenvalue weighted by molar-refractivity contribution is 5.04. The zero-order valence-corrected chi connectivity index (χ0v) is 6.31. The Morgan fingerprint density at radius 2 is 1.78 bits per heavy atom. The molecule has 0 saturated heterocycles. The lowest BCUT2D eigenvalue weighted by atomic mass is 10.1. The molecule has 0 amide bonds. The molecule has 1 unspecified atom stereocenters. The van der Waals surface area contributed by atoms with Crippen molar-refractivity contribution in [3.05, 3.63) is 0 Å². The Balaban J connectivity index is 3.58. The molecule has 1 heteroatoms. The van der Waals surface area contributed by atoms with Crippen molar-refractivity contribution in [3.63, 3.8) is 0 Å². The highest BCUT2D eigenvalue weighted by Gasteiger charge is 1.90. The van der Waals surface area contributed by atoms with Crippen molar-refractivity contribution >= 4 is 0 Å². The zero-order valence-electron chi connectivity index (χ0n) is 6.31. The first-order chi connectivity index (χ1) is 4.16. The van der Waals surface area contributed by atoms with Gasteiger partial charge in [0, 0.05) is 11.8 Å². The molecule has 0 spiro atoms. The van der Waals surface area contributed by atoms with Gasteiger partial charge in [0.1, 0.15) is 0 Å². The van der Waals surface area contributed by atoms with E-state index >= 15 is 0 Å². The number of aliphatic hydroxyl groups excluding tert-OH is 1. The molecule has 1 N–H and O–H groups in total. The molecular weight excluding hydrogens is 112 g/mol. The third-order valence-corrected chi connectivity index (χ3v) is 0.892. The highest BCUT2D eigenvalue weighted by atomic mass is 16.3. The second-order valence-corrected chi connectivity index (χ2v) is 2.53. The zero-order chi connectivity index (χ0) is 7.28. The largest absolute Gasteiger partial charge is 0.395 e. The summed E-state index contributed by atoms with van der Waals surface area (Å²) in [4.78, 5) is 0. The first kappa shape index (κ1) is 8.52. The van der Waals surface area contributed by atoms with E-state index in [0.29, 0.717) is 5.92 Å². The van der Waals surface area contributed by atoms with Crippen LogP contribution < -0.4 is 0 Å². The maximum atomic E-state index is 8.55. The van der Waals surface area contributed by atoms with Crippen LogP contribution in [0.3, 0.4) is 0 Å². The number of hydrogen-bond donors (Lipinski definition) is 1. The Hall–Kier alpha value is -0.480. The van der Waals surface area contributed by atoms with Crippen LogP contribution in [0.5, 0.6) is 0 Å². The molecule has 9 heavy (non-hydrogen) atoms. The van der Waals surface area contributed by atoms with Crippen molar-refractivity contribution in [2.24, 2.45) is 11.8 Å². The molecule has 0 radical (unpaired) electrons. The van der Waals surface area contributed by atoms with Gasteiger partial charge in [0.2, 0.25) is 0 Å². The van der Waals surface area contributed by atoms with Crippen LogP contribution >= 0.6 is 0 Å². The summed E-state index contributed by atoms with van der Waals surface area (Å²) in [6.45, 7) is 6.16. The van der Waals surface area contributed by atoms with Crippen LogP contribution in [-0.2, 0) is 0 Å². The van der Waals surface area contributed by atoms with E-state index in [1.165, 1.54) is 0 Å². The van der Waals surface area contributed by atoms with Crippen molar-refractivity contribution in [2.45, 2.75) is 20.8 Å². The van der Waals surface area contributed by atoms with E-state index in [1.807, 2.05) is 20.8 Å². The van der Waals surface area contributed by atoms with E-state index < -0.39 is 0 Å². The van der Waals surface area contributed by atoms with Crippen LogP contribution in [0.1, 0.15) is 20.8 Å². The van der Waals surface area contributed by atoms with Crippen LogP contribution in [0.15, 0.2) is 0 Å². The normalized spacial score (nSPS) is 12.6. The van der Waals surface area contributed by atoms with Gasteiger partial charge in [-0.2, -0.15) is 0 Å². The molecular formula is C8H14O.